The van der Waals surface area contributed by atoms with E-state index in [1.807, 2.05) is 31.2 Å². The number of aryl methyl sites for hydroxylation is 1. The van der Waals surface area contributed by atoms with Crippen molar-refractivity contribution in [2.24, 2.45) is 0 Å². The molecule has 0 aromatic heterocycles. The van der Waals surface area contributed by atoms with Crippen LogP contribution in [0.2, 0.25) is 0 Å². The van der Waals surface area contributed by atoms with Crippen LogP contribution in [0, 0.1) is 0 Å². The molecule has 0 saturated heterocycles. The molecule has 4 nitrogen and oxygen atoms in total. The fourth-order valence-electron chi connectivity index (χ4n) is 2.58. The number of hydrogen-bond donors (Lipinski definition) is 1. The summed E-state index contributed by atoms with van der Waals surface area (Å²) in [5.74, 6) is 1.13. The van der Waals surface area contributed by atoms with Crippen molar-refractivity contribution in [2.75, 3.05) is 6.61 Å². The van der Waals surface area contributed by atoms with Gasteiger partial charge in [0.2, 0.25) is 6.10 Å². The van der Waals surface area contributed by atoms with Gasteiger partial charge in [-0.3, -0.25) is 4.79 Å². The number of carbonyl (C=O) groups is 1. The van der Waals surface area contributed by atoms with Gasteiger partial charge in [0.1, 0.15) is 6.61 Å². The highest BCUT2D eigenvalue weighted by Gasteiger charge is 2.28. The average Bonchev–Trinajstić information content (AvgIpc) is 2.61. The van der Waals surface area contributed by atoms with Crippen molar-refractivity contribution in [3.8, 4) is 11.5 Å². The molecule has 4 heteroatoms. The molecular formula is C19H21NO3. The lowest BCUT2D eigenvalue weighted by atomic mass is 10.0. The van der Waals surface area contributed by atoms with Crippen LogP contribution in [0.4, 0.5) is 0 Å². The normalized spacial score (nSPS) is 17.4. The van der Waals surface area contributed by atoms with Gasteiger partial charge in [-0.1, -0.05) is 43.3 Å². The van der Waals surface area contributed by atoms with Crippen LogP contribution in [0.3, 0.4) is 0 Å². The van der Waals surface area contributed by atoms with Gasteiger partial charge in [0.15, 0.2) is 11.5 Å². The Morgan fingerprint density at radius 2 is 1.87 bits per heavy atom. The molecule has 23 heavy (non-hydrogen) atoms. The molecule has 1 heterocycles. The third-order valence-corrected chi connectivity index (χ3v) is 4.05. The first-order chi connectivity index (χ1) is 11.2. The summed E-state index contributed by atoms with van der Waals surface area (Å²) in [7, 11) is 0. The van der Waals surface area contributed by atoms with E-state index in [-0.39, 0.29) is 18.6 Å². The standard InChI is InChI=1S/C19H21NO3/c1-3-14-8-10-15(11-9-14)13(2)20-19(21)18-12-22-16-6-4-5-7-17(16)23-18/h4-11,13,18H,3,12H2,1-2H3,(H,20,21)/t13-,18-/m0/s1. The number of nitrogens with one attached hydrogen (secondary N) is 1. The molecule has 0 unspecified atom stereocenters. The zero-order valence-corrected chi connectivity index (χ0v) is 13.4. The summed E-state index contributed by atoms with van der Waals surface area (Å²) < 4.78 is 11.3. The number of fused-ring (bicyclic) bond motifs is 1. The molecule has 0 saturated carbocycles. The van der Waals surface area contributed by atoms with Gasteiger partial charge in [-0.2, -0.15) is 0 Å². The van der Waals surface area contributed by atoms with Crippen LogP contribution in [0.25, 0.3) is 0 Å². The maximum Gasteiger partial charge on any atom is 0.265 e. The fraction of sp³-hybridized carbons (Fsp3) is 0.316. The summed E-state index contributed by atoms with van der Waals surface area (Å²) in [5.41, 5.74) is 2.36. The molecule has 0 spiro atoms. The van der Waals surface area contributed by atoms with Crippen molar-refractivity contribution < 1.29 is 14.3 Å². The summed E-state index contributed by atoms with van der Waals surface area (Å²) in [6, 6.07) is 15.6. The predicted octanol–water partition coefficient (Wildman–Crippen LogP) is 3.27. The summed E-state index contributed by atoms with van der Waals surface area (Å²) >= 11 is 0. The van der Waals surface area contributed by atoms with Crippen molar-refractivity contribution in [3.63, 3.8) is 0 Å². The molecule has 0 bridgehead atoms. The Kier molecular flexibility index (Phi) is 4.51. The van der Waals surface area contributed by atoms with Crippen LogP contribution in [0.5, 0.6) is 11.5 Å². The van der Waals surface area contributed by atoms with Gasteiger partial charge in [-0.05, 0) is 36.6 Å². The zero-order chi connectivity index (χ0) is 16.2. The van der Waals surface area contributed by atoms with Gasteiger partial charge in [0, 0.05) is 0 Å². The molecule has 1 N–H and O–H groups in total. The van der Waals surface area contributed by atoms with E-state index in [9.17, 15) is 4.79 Å². The highest BCUT2D eigenvalue weighted by atomic mass is 16.6. The second-order valence-corrected chi connectivity index (χ2v) is 5.69. The van der Waals surface area contributed by atoms with Gasteiger partial charge in [-0.25, -0.2) is 0 Å². The minimum Gasteiger partial charge on any atom is -0.485 e. The summed E-state index contributed by atoms with van der Waals surface area (Å²) in [6.45, 7) is 4.32. The molecule has 0 radical (unpaired) electrons. The third kappa shape index (κ3) is 3.47. The molecule has 1 aliphatic heterocycles. The van der Waals surface area contributed by atoms with E-state index in [2.05, 4.69) is 36.5 Å². The SMILES string of the molecule is CCc1ccc([C@H](C)NC(=O)[C@@H]2COc3ccccc3O2)cc1. The lowest BCUT2D eigenvalue weighted by molar-refractivity contribution is -0.131. The summed E-state index contributed by atoms with van der Waals surface area (Å²) in [5, 5.41) is 2.99. The van der Waals surface area contributed by atoms with E-state index in [1.54, 1.807) is 0 Å². The van der Waals surface area contributed by atoms with Gasteiger partial charge >= 0.3 is 0 Å². The molecule has 0 aliphatic carbocycles. The minimum absolute atomic E-state index is 0.0748. The minimum atomic E-state index is -0.623. The van der Waals surface area contributed by atoms with Crippen molar-refractivity contribution >= 4 is 5.91 Å². The Bertz CT molecular complexity index is 681. The monoisotopic (exact) mass is 311 g/mol. The Morgan fingerprint density at radius 3 is 2.57 bits per heavy atom. The second kappa shape index (κ2) is 6.73. The van der Waals surface area contributed by atoms with E-state index in [1.165, 1.54) is 5.56 Å². The highest BCUT2D eigenvalue weighted by molar-refractivity contribution is 5.82. The van der Waals surface area contributed by atoms with Crippen LogP contribution in [-0.2, 0) is 11.2 Å². The predicted molar refractivity (Wildman–Crippen MR) is 88.7 cm³/mol. The van der Waals surface area contributed by atoms with Crippen LogP contribution in [-0.4, -0.2) is 18.6 Å². The van der Waals surface area contributed by atoms with Gasteiger partial charge in [-0.15, -0.1) is 0 Å². The van der Waals surface area contributed by atoms with Crippen molar-refractivity contribution in [2.45, 2.75) is 32.4 Å². The third-order valence-electron chi connectivity index (χ3n) is 4.05. The fourth-order valence-corrected chi connectivity index (χ4v) is 2.58. The number of hydrogen-bond acceptors (Lipinski definition) is 3. The molecule has 1 aliphatic rings. The number of carbonyl (C=O) groups excluding carboxylic acids is 1. The molecule has 1 amide bonds. The molecule has 2 aromatic carbocycles. The van der Waals surface area contributed by atoms with E-state index < -0.39 is 6.10 Å². The highest BCUT2D eigenvalue weighted by Crippen LogP contribution is 2.31. The zero-order valence-electron chi connectivity index (χ0n) is 13.4. The van der Waals surface area contributed by atoms with Crippen molar-refractivity contribution in [1.29, 1.82) is 0 Å². The van der Waals surface area contributed by atoms with E-state index in [4.69, 9.17) is 9.47 Å². The molecule has 0 fully saturated rings. The lowest BCUT2D eigenvalue weighted by Crippen LogP contribution is -2.44. The number of amides is 1. The number of benzene rings is 2. The second-order valence-electron chi connectivity index (χ2n) is 5.69. The molecule has 2 aromatic rings. The Balaban J connectivity index is 1.62. The topological polar surface area (TPSA) is 47.6 Å². The first-order valence-electron chi connectivity index (χ1n) is 7.95. The maximum absolute atomic E-state index is 12.4. The van der Waals surface area contributed by atoms with Crippen LogP contribution < -0.4 is 14.8 Å². The number of rotatable bonds is 4. The maximum atomic E-state index is 12.4. The van der Waals surface area contributed by atoms with E-state index in [0.29, 0.717) is 11.5 Å². The Labute approximate surface area is 136 Å². The quantitative estimate of drug-likeness (QED) is 0.943. The van der Waals surface area contributed by atoms with Crippen LogP contribution in [0.1, 0.15) is 31.0 Å². The van der Waals surface area contributed by atoms with Crippen LogP contribution >= 0.6 is 0 Å². The first-order valence-corrected chi connectivity index (χ1v) is 7.95. The summed E-state index contributed by atoms with van der Waals surface area (Å²) in [6.07, 6.45) is 0.385. The van der Waals surface area contributed by atoms with Gasteiger partial charge in [0.25, 0.3) is 5.91 Å². The van der Waals surface area contributed by atoms with Crippen LogP contribution in [0.15, 0.2) is 48.5 Å². The lowest BCUT2D eigenvalue weighted by Gasteiger charge is -2.26. The number of ether oxygens (including phenoxy) is 2. The molecule has 120 valence electrons. The Morgan fingerprint density at radius 1 is 1.17 bits per heavy atom. The summed E-state index contributed by atoms with van der Waals surface area (Å²) in [4.78, 5) is 12.4. The van der Waals surface area contributed by atoms with E-state index in [0.717, 1.165) is 12.0 Å². The van der Waals surface area contributed by atoms with E-state index >= 15 is 0 Å². The molecule has 3 rings (SSSR count). The van der Waals surface area contributed by atoms with Crippen molar-refractivity contribution in [3.05, 3.63) is 59.7 Å². The number of para-hydroxylation sites is 2. The van der Waals surface area contributed by atoms with Crippen molar-refractivity contribution in [1.82, 2.24) is 5.32 Å². The molecule has 2 atom stereocenters. The molecular weight excluding hydrogens is 290 g/mol. The largest absolute Gasteiger partial charge is 0.485 e. The first kappa shape index (κ1) is 15.4. The smallest absolute Gasteiger partial charge is 0.265 e. The van der Waals surface area contributed by atoms with Gasteiger partial charge < -0.3 is 14.8 Å². The van der Waals surface area contributed by atoms with Gasteiger partial charge in [0.05, 0.1) is 6.04 Å². The average molecular weight is 311 g/mol. The Hall–Kier alpha value is -2.49.